The van der Waals surface area contributed by atoms with E-state index in [1.165, 1.54) is 42.5 Å². The molecule has 0 unspecified atom stereocenters. The van der Waals surface area contributed by atoms with E-state index in [1.54, 1.807) is 54.6 Å². The predicted octanol–water partition coefficient (Wildman–Crippen LogP) is 9.08. The van der Waals surface area contributed by atoms with Gasteiger partial charge in [0.15, 0.2) is 0 Å². The van der Waals surface area contributed by atoms with E-state index in [0.717, 1.165) is 35.4 Å². The molecule has 20 heteroatoms. The zero-order valence-corrected chi connectivity index (χ0v) is 37.0. The van der Waals surface area contributed by atoms with E-state index in [2.05, 4.69) is 9.44 Å². The number of carboxylic acids is 2. The van der Waals surface area contributed by atoms with Crippen molar-refractivity contribution in [1.29, 1.82) is 0 Å². The van der Waals surface area contributed by atoms with Crippen molar-refractivity contribution in [3.8, 4) is 23.0 Å². The lowest BCUT2D eigenvalue weighted by Gasteiger charge is -2.15. The highest BCUT2D eigenvalue weighted by Crippen LogP contribution is 2.35. The number of aliphatic carboxylic acids is 2. The van der Waals surface area contributed by atoms with Crippen LogP contribution in [0.15, 0.2) is 155 Å². The standard InChI is InChI=1S/C24H22F3NO6S.C23H22FNO6S/c25-24(26,27)20-6-2-4-8-22(20)35(31,32)28-18-10-12-19(13-11-18)33-15-16-34-21-7-3-1-5-17(21)9-14-23(29)30;24-18-6-12-21(13-7-18)32(28,29)25-19-8-10-20(11-9-19)30-15-16-31-22-4-2-1-3-17(22)5-14-23(26)27/h1-8,10-13,28H,9,14-16H2,(H,29,30);1-4,6-13,25H,5,14-16H2,(H,26,27). The SMILES string of the molecule is O=C(O)CCc1ccccc1OCCOc1ccc(NS(=O)(=O)c2ccc(F)cc2)cc1.O=C(O)CCc1ccccc1OCCOc1ccc(NS(=O)(=O)c2ccccc2C(F)(F)F)cc1. The molecule has 0 bridgehead atoms. The van der Waals surface area contributed by atoms with Crippen LogP contribution in [0.25, 0.3) is 0 Å². The van der Waals surface area contributed by atoms with Crippen molar-refractivity contribution in [3.05, 3.63) is 168 Å². The number of anilines is 2. The van der Waals surface area contributed by atoms with Gasteiger partial charge in [0.25, 0.3) is 20.0 Å². The van der Waals surface area contributed by atoms with Gasteiger partial charge in [0, 0.05) is 24.2 Å². The van der Waals surface area contributed by atoms with Gasteiger partial charge in [0.2, 0.25) is 0 Å². The summed E-state index contributed by atoms with van der Waals surface area (Å²) in [5.41, 5.74) is 0.728. The van der Waals surface area contributed by atoms with Gasteiger partial charge in [-0.05, 0) is 121 Å². The molecule has 6 aromatic carbocycles. The van der Waals surface area contributed by atoms with Gasteiger partial charge in [-0.3, -0.25) is 19.0 Å². The molecule has 0 spiro atoms. The Morgan fingerprint density at radius 3 is 1.36 bits per heavy atom. The Kier molecular flexibility index (Phi) is 18.0. The van der Waals surface area contributed by atoms with E-state index in [-0.39, 0.29) is 49.9 Å². The summed E-state index contributed by atoms with van der Waals surface area (Å²) in [5, 5.41) is 17.7. The largest absolute Gasteiger partial charge is 0.490 e. The van der Waals surface area contributed by atoms with Crippen molar-refractivity contribution < 1.29 is 73.1 Å². The van der Waals surface area contributed by atoms with Crippen molar-refractivity contribution in [1.82, 2.24) is 0 Å². The molecule has 6 aromatic rings. The number of hydrogen-bond donors (Lipinski definition) is 4. The van der Waals surface area contributed by atoms with E-state index in [1.807, 2.05) is 18.2 Å². The van der Waals surface area contributed by atoms with Crippen LogP contribution in [0, 0.1) is 5.82 Å². The van der Waals surface area contributed by atoms with Crippen LogP contribution in [0.2, 0.25) is 0 Å². The molecule has 0 saturated carbocycles. The number of carbonyl (C=O) groups is 2. The fourth-order valence-corrected chi connectivity index (χ4v) is 8.37. The van der Waals surface area contributed by atoms with Gasteiger partial charge >= 0.3 is 18.1 Å². The molecular weight excluding hydrogens is 925 g/mol. The first-order chi connectivity index (χ1) is 31.9. The minimum Gasteiger partial charge on any atom is -0.490 e. The summed E-state index contributed by atoms with van der Waals surface area (Å²) in [6.45, 7) is 0.820. The molecular formula is C47H44F4N2O12S2. The Morgan fingerprint density at radius 1 is 0.507 bits per heavy atom. The van der Waals surface area contributed by atoms with Crippen LogP contribution in [0.4, 0.5) is 28.9 Å². The molecule has 4 N–H and O–H groups in total. The van der Waals surface area contributed by atoms with Crippen LogP contribution in [-0.2, 0) is 48.7 Å². The lowest BCUT2D eigenvalue weighted by molar-refractivity contribution is -0.140. The number of aryl methyl sites for hydroxylation is 2. The average molecular weight is 969 g/mol. The maximum absolute atomic E-state index is 13.2. The van der Waals surface area contributed by atoms with Crippen LogP contribution in [0.5, 0.6) is 23.0 Å². The number of alkyl halides is 3. The van der Waals surface area contributed by atoms with Crippen molar-refractivity contribution in [2.75, 3.05) is 35.9 Å². The minimum absolute atomic E-state index is 0.0191. The smallest absolute Gasteiger partial charge is 0.417 e. The van der Waals surface area contributed by atoms with Crippen LogP contribution < -0.4 is 28.4 Å². The number of hydrogen-bond acceptors (Lipinski definition) is 10. The maximum Gasteiger partial charge on any atom is 0.417 e. The number of para-hydroxylation sites is 2. The molecule has 0 radical (unpaired) electrons. The van der Waals surface area contributed by atoms with Gasteiger partial charge in [-0.1, -0.05) is 48.5 Å². The third-order valence-corrected chi connectivity index (χ3v) is 12.0. The normalized spacial score (nSPS) is 11.3. The van der Waals surface area contributed by atoms with Crippen molar-refractivity contribution >= 4 is 43.4 Å². The summed E-state index contributed by atoms with van der Waals surface area (Å²) in [5.74, 6) is -0.198. The lowest BCUT2D eigenvalue weighted by atomic mass is 10.1. The average Bonchev–Trinajstić information content (AvgIpc) is 3.29. The maximum atomic E-state index is 13.2. The summed E-state index contributed by atoms with van der Waals surface area (Å²) in [6, 6.07) is 34.8. The highest BCUT2D eigenvalue weighted by Gasteiger charge is 2.37. The predicted molar refractivity (Wildman–Crippen MR) is 239 cm³/mol. The second kappa shape index (κ2) is 23.7. The van der Waals surface area contributed by atoms with Gasteiger partial charge in [-0.2, -0.15) is 13.2 Å². The van der Waals surface area contributed by atoms with E-state index in [0.29, 0.717) is 47.6 Å². The highest BCUT2D eigenvalue weighted by molar-refractivity contribution is 7.93. The number of carboxylic acid groups (broad SMARTS) is 2. The Labute approximate surface area is 383 Å². The molecule has 0 atom stereocenters. The second-order valence-electron chi connectivity index (χ2n) is 14.1. The molecule has 354 valence electrons. The number of sulfonamides is 2. The molecule has 0 aliphatic rings. The van der Waals surface area contributed by atoms with E-state index in [4.69, 9.17) is 29.2 Å². The molecule has 0 aliphatic heterocycles. The molecule has 14 nitrogen and oxygen atoms in total. The summed E-state index contributed by atoms with van der Waals surface area (Å²) in [7, 11) is -8.30. The fraction of sp³-hybridized carbons (Fsp3) is 0.191. The highest BCUT2D eigenvalue weighted by atomic mass is 32.2. The number of halogens is 4. The van der Waals surface area contributed by atoms with Gasteiger partial charge in [0.05, 0.1) is 15.4 Å². The van der Waals surface area contributed by atoms with Crippen LogP contribution in [-0.4, -0.2) is 65.4 Å². The minimum atomic E-state index is -4.82. The molecule has 67 heavy (non-hydrogen) atoms. The number of nitrogens with one attached hydrogen (secondary N) is 2. The Balaban J connectivity index is 0.000000252. The molecule has 0 fully saturated rings. The first-order valence-corrected chi connectivity index (χ1v) is 23.1. The number of benzene rings is 6. The van der Waals surface area contributed by atoms with Gasteiger partial charge in [-0.15, -0.1) is 0 Å². The zero-order valence-electron chi connectivity index (χ0n) is 35.3. The fourth-order valence-electron chi connectivity index (χ4n) is 6.02. The lowest BCUT2D eigenvalue weighted by Crippen LogP contribution is -2.18. The third-order valence-electron chi connectivity index (χ3n) is 9.20. The summed E-state index contributed by atoms with van der Waals surface area (Å²) >= 11 is 0. The van der Waals surface area contributed by atoms with E-state index >= 15 is 0 Å². The summed E-state index contributed by atoms with van der Waals surface area (Å²) in [4.78, 5) is 20.7. The van der Waals surface area contributed by atoms with E-state index in [9.17, 15) is 44.0 Å². The first kappa shape index (κ1) is 50.7. The van der Waals surface area contributed by atoms with E-state index < -0.39 is 54.4 Å². The summed E-state index contributed by atoms with van der Waals surface area (Å²) in [6.07, 6.45) is -4.11. The van der Waals surface area contributed by atoms with Crippen molar-refractivity contribution in [2.45, 2.75) is 41.7 Å². The molecule has 6 rings (SSSR count). The number of rotatable bonds is 22. The second-order valence-corrected chi connectivity index (χ2v) is 17.4. The topological polar surface area (TPSA) is 204 Å². The Bertz CT molecular complexity index is 2790. The monoisotopic (exact) mass is 968 g/mol. The third kappa shape index (κ3) is 16.3. The number of ether oxygens (including phenoxy) is 4. The van der Waals surface area contributed by atoms with Crippen LogP contribution in [0.3, 0.4) is 0 Å². The van der Waals surface area contributed by atoms with Gasteiger partial charge in [0.1, 0.15) is 55.2 Å². The van der Waals surface area contributed by atoms with Crippen molar-refractivity contribution in [2.24, 2.45) is 0 Å². The van der Waals surface area contributed by atoms with Gasteiger partial charge < -0.3 is 29.2 Å². The first-order valence-electron chi connectivity index (χ1n) is 20.2. The molecule has 0 heterocycles. The zero-order chi connectivity index (χ0) is 48.5. The van der Waals surface area contributed by atoms with Crippen molar-refractivity contribution in [3.63, 3.8) is 0 Å². The molecule has 0 saturated heterocycles. The Hall–Kier alpha value is -7.32. The van der Waals surface area contributed by atoms with Gasteiger partial charge in [-0.25, -0.2) is 21.2 Å². The van der Waals surface area contributed by atoms with Crippen LogP contribution >= 0.6 is 0 Å². The molecule has 0 amide bonds. The molecule has 0 aliphatic carbocycles. The Morgan fingerprint density at radius 2 is 0.910 bits per heavy atom. The molecule has 0 aromatic heterocycles. The van der Waals surface area contributed by atoms with Crippen LogP contribution in [0.1, 0.15) is 29.5 Å². The quantitative estimate of drug-likeness (QED) is 0.0372. The summed E-state index contributed by atoms with van der Waals surface area (Å²) < 4.78 is 129.